The Morgan fingerprint density at radius 2 is 2.12 bits per heavy atom. The number of alkyl halides is 3. The van der Waals surface area contributed by atoms with Crippen molar-refractivity contribution in [2.75, 3.05) is 19.7 Å². The molecule has 24 heavy (non-hydrogen) atoms. The first kappa shape index (κ1) is 18.3. The molecule has 1 unspecified atom stereocenters. The Morgan fingerprint density at radius 3 is 2.67 bits per heavy atom. The molecular weight excluding hydrogens is 353 g/mol. The van der Waals surface area contributed by atoms with Crippen molar-refractivity contribution >= 4 is 23.7 Å². The molecular formula is C14H14ClF3N2O4. The van der Waals surface area contributed by atoms with Crippen LogP contribution in [0.2, 0.25) is 5.15 Å². The number of likely N-dealkylation sites (tertiary alicyclic amines) is 1. The summed E-state index contributed by atoms with van der Waals surface area (Å²) in [6.45, 7) is 1.38. The van der Waals surface area contributed by atoms with Gasteiger partial charge in [0.25, 0.3) is 0 Å². The average Bonchev–Trinajstić information content (AvgIpc) is 2.92. The molecule has 2 heterocycles. The van der Waals surface area contributed by atoms with Gasteiger partial charge in [-0.1, -0.05) is 11.6 Å². The van der Waals surface area contributed by atoms with Gasteiger partial charge in [0, 0.05) is 13.1 Å². The third-order valence-corrected chi connectivity index (χ3v) is 4.01. The van der Waals surface area contributed by atoms with E-state index in [2.05, 4.69) is 4.98 Å². The number of hydrogen-bond acceptors (Lipinski definition) is 4. The third-order valence-electron chi connectivity index (χ3n) is 3.82. The number of ether oxygens (including phenoxy) is 1. The molecule has 0 bridgehead atoms. The highest BCUT2D eigenvalue weighted by molar-refractivity contribution is 6.29. The van der Waals surface area contributed by atoms with Gasteiger partial charge in [-0.25, -0.2) is 9.78 Å². The molecule has 6 nitrogen and oxygen atoms in total. The molecule has 10 heteroatoms. The van der Waals surface area contributed by atoms with Crippen LogP contribution in [0.1, 0.15) is 24.6 Å². The van der Waals surface area contributed by atoms with E-state index in [1.54, 1.807) is 6.92 Å². The second-order valence-corrected chi connectivity index (χ2v) is 5.71. The van der Waals surface area contributed by atoms with E-state index >= 15 is 0 Å². The van der Waals surface area contributed by atoms with Gasteiger partial charge in [-0.3, -0.25) is 4.79 Å². The zero-order valence-electron chi connectivity index (χ0n) is 12.6. The van der Waals surface area contributed by atoms with Crippen LogP contribution in [0.15, 0.2) is 12.1 Å². The first-order valence-corrected chi connectivity index (χ1v) is 7.38. The second-order valence-electron chi connectivity index (χ2n) is 5.32. The highest BCUT2D eigenvalue weighted by atomic mass is 35.5. The fourth-order valence-electron chi connectivity index (χ4n) is 2.58. The Kier molecular flexibility index (Phi) is 4.93. The molecule has 1 aromatic heterocycles. The average molecular weight is 367 g/mol. The van der Waals surface area contributed by atoms with E-state index in [9.17, 15) is 27.9 Å². The molecule has 1 saturated heterocycles. The number of rotatable bonds is 3. The predicted octanol–water partition coefficient (Wildman–Crippen LogP) is 2.94. The number of hydrogen-bond donors (Lipinski definition) is 1. The molecule has 0 spiro atoms. The van der Waals surface area contributed by atoms with Gasteiger partial charge in [-0.05, 0) is 25.5 Å². The molecule has 1 aliphatic rings. The van der Waals surface area contributed by atoms with E-state index in [4.69, 9.17) is 16.3 Å². The zero-order valence-corrected chi connectivity index (χ0v) is 13.3. The smallest absolute Gasteiger partial charge is 0.416 e. The van der Waals surface area contributed by atoms with E-state index in [0.717, 1.165) is 4.90 Å². The monoisotopic (exact) mass is 366 g/mol. The van der Waals surface area contributed by atoms with Gasteiger partial charge in [-0.2, -0.15) is 13.2 Å². The van der Waals surface area contributed by atoms with Gasteiger partial charge >= 0.3 is 18.2 Å². The number of pyridine rings is 1. The molecule has 132 valence electrons. The standard InChI is InChI=1S/C14H14ClF3N2O4/c1-2-24-12(23)20-4-3-13(7-20,11(21)22)9-5-8(14(16,17)18)6-10(15)19-9/h5-6H,2-4,7H2,1H3,(H,21,22). The van der Waals surface area contributed by atoms with Crippen molar-refractivity contribution < 1.29 is 32.6 Å². The van der Waals surface area contributed by atoms with Gasteiger partial charge in [0.15, 0.2) is 0 Å². The maximum absolute atomic E-state index is 12.9. The van der Waals surface area contributed by atoms with Crippen LogP contribution in [0.3, 0.4) is 0 Å². The zero-order chi connectivity index (χ0) is 18.1. The topological polar surface area (TPSA) is 79.7 Å². The fourth-order valence-corrected chi connectivity index (χ4v) is 2.79. The Hall–Kier alpha value is -2.03. The number of carboxylic acid groups (broad SMARTS) is 1. The van der Waals surface area contributed by atoms with Gasteiger partial charge in [0.2, 0.25) is 0 Å². The third kappa shape index (κ3) is 3.40. The van der Waals surface area contributed by atoms with Crippen LogP contribution in [0.5, 0.6) is 0 Å². The molecule has 1 aliphatic heterocycles. The van der Waals surface area contributed by atoms with E-state index < -0.39 is 34.4 Å². The lowest BCUT2D eigenvalue weighted by Gasteiger charge is -2.25. The summed E-state index contributed by atoms with van der Waals surface area (Å²) in [6, 6.07) is 1.29. The first-order valence-electron chi connectivity index (χ1n) is 7.00. The van der Waals surface area contributed by atoms with Gasteiger partial charge in [0.1, 0.15) is 10.6 Å². The molecule has 1 fully saturated rings. The lowest BCUT2D eigenvalue weighted by Crippen LogP contribution is -2.41. The van der Waals surface area contributed by atoms with Crippen molar-refractivity contribution in [3.8, 4) is 0 Å². The maximum Gasteiger partial charge on any atom is 0.416 e. The molecule has 1 N–H and O–H groups in total. The summed E-state index contributed by atoms with van der Waals surface area (Å²) >= 11 is 5.64. The highest BCUT2D eigenvalue weighted by Gasteiger charge is 2.50. The van der Waals surface area contributed by atoms with Crippen molar-refractivity contribution in [2.24, 2.45) is 0 Å². The Morgan fingerprint density at radius 1 is 1.46 bits per heavy atom. The molecule has 0 saturated carbocycles. The molecule has 1 aromatic rings. The number of halogens is 4. The molecule has 0 aromatic carbocycles. The van der Waals surface area contributed by atoms with Crippen LogP contribution in [0.25, 0.3) is 0 Å². The van der Waals surface area contributed by atoms with Crippen LogP contribution >= 0.6 is 11.6 Å². The molecule has 2 rings (SSSR count). The van der Waals surface area contributed by atoms with Crippen LogP contribution in [-0.4, -0.2) is 46.7 Å². The number of carbonyl (C=O) groups excluding carboxylic acids is 1. The summed E-state index contributed by atoms with van der Waals surface area (Å²) in [5, 5.41) is 9.13. The van der Waals surface area contributed by atoms with Crippen LogP contribution in [0.4, 0.5) is 18.0 Å². The Bertz CT molecular complexity index is 668. The highest BCUT2D eigenvalue weighted by Crippen LogP contribution is 2.38. The van der Waals surface area contributed by atoms with E-state index in [0.29, 0.717) is 12.1 Å². The number of amides is 1. The molecule has 0 radical (unpaired) electrons. The molecule has 1 amide bonds. The predicted molar refractivity (Wildman–Crippen MR) is 76.8 cm³/mol. The van der Waals surface area contributed by atoms with Gasteiger partial charge in [0.05, 0.1) is 17.9 Å². The Balaban J connectivity index is 2.45. The van der Waals surface area contributed by atoms with Crippen molar-refractivity contribution in [1.82, 2.24) is 9.88 Å². The summed E-state index contributed by atoms with van der Waals surface area (Å²) in [5.41, 5.74) is -3.19. The normalized spacial score (nSPS) is 21.0. The van der Waals surface area contributed by atoms with E-state index in [1.165, 1.54) is 0 Å². The minimum Gasteiger partial charge on any atom is -0.480 e. The maximum atomic E-state index is 12.9. The number of aliphatic carboxylic acids is 1. The summed E-state index contributed by atoms with van der Waals surface area (Å²) in [6.07, 6.45) is -5.51. The van der Waals surface area contributed by atoms with Crippen LogP contribution in [0, 0.1) is 0 Å². The quantitative estimate of drug-likeness (QED) is 0.832. The van der Waals surface area contributed by atoms with Crippen molar-refractivity contribution in [3.63, 3.8) is 0 Å². The number of aromatic nitrogens is 1. The first-order chi connectivity index (χ1) is 11.1. The number of carbonyl (C=O) groups is 2. The SMILES string of the molecule is CCOC(=O)N1CCC(C(=O)O)(c2cc(C(F)(F)F)cc(Cl)n2)C1. The lowest BCUT2D eigenvalue weighted by molar-refractivity contribution is -0.144. The van der Waals surface area contributed by atoms with Gasteiger partial charge in [-0.15, -0.1) is 0 Å². The molecule has 1 atom stereocenters. The fraction of sp³-hybridized carbons (Fsp3) is 0.500. The van der Waals surface area contributed by atoms with E-state index in [-0.39, 0.29) is 31.8 Å². The Labute approximate surface area is 140 Å². The summed E-state index contributed by atoms with van der Waals surface area (Å²) < 4.78 is 43.6. The largest absolute Gasteiger partial charge is 0.480 e. The van der Waals surface area contributed by atoms with Crippen LogP contribution < -0.4 is 0 Å². The van der Waals surface area contributed by atoms with Crippen LogP contribution in [-0.2, 0) is 21.1 Å². The summed E-state index contributed by atoms with van der Waals surface area (Å²) in [4.78, 5) is 28.4. The minimum absolute atomic E-state index is 0.0285. The van der Waals surface area contributed by atoms with Crippen molar-refractivity contribution in [1.29, 1.82) is 0 Å². The lowest BCUT2D eigenvalue weighted by atomic mass is 9.82. The van der Waals surface area contributed by atoms with Gasteiger partial charge < -0.3 is 14.7 Å². The second kappa shape index (κ2) is 6.46. The van der Waals surface area contributed by atoms with E-state index in [1.807, 2.05) is 0 Å². The number of carboxylic acids is 1. The summed E-state index contributed by atoms with van der Waals surface area (Å²) in [7, 11) is 0. The van der Waals surface area contributed by atoms with Crippen molar-refractivity contribution in [3.05, 3.63) is 28.5 Å². The number of nitrogens with zero attached hydrogens (tertiary/aromatic N) is 2. The molecule has 0 aliphatic carbocycles. The summed E-state index contributed by atoms with van der Waals surface area (Å²) in [5.74, 6) is -1.38. The van der Waals surface area contributed by atoms with Crippen molar-refractivity contribution in [2.45, 2.75) is 24.9 Å². The minimum atomic E-state index is -4.69.